The number of nitrogens with zero attached hydrogens (tertiary/aromatic N) is 2. The number of aromatic nitrogens is 2. The second-order valence-electron chi connectivity index (χ2n) is 4.13. The number of thiophene rings is 1. The summed E-state index contributed by atoms with van der Waals surface area (Å²) in [6.45, 7) is 1.98. The third-order valence-electron chi connectivity index (χ3n) is 2.64. The van der Waals surface area contributed by atoms with E-state index < -0.39 is 0 Å². The zero-order valence-corrected chi connectivity index (χ0v) is 11.4. The fourth-order valence-electron chi connectivity index (χ4n) is 1.77. The molecule has 3 N–H and O–H groups in total. The lowest BCUT2D eigenvalue weighted by molar-refractivity contribution is 0.467. The average Bonchev–Trinajstić information content (AvgIpc) is 2.81. The standard InChI is InChI=1S/C13H11FN4OS/c1-7-6-10-11(16-13(18-15)17-12(10)20-7)19-9-4-2-8(14)3-5-9/h2-6H,15H2,1H3,(H,16,17,18). The summed E-state index contributed by atoms with van der Waals surface area (Å²) in [6, 6.07) is 7.68. The Morgan fingerprint density at radius 3 is 2.70 bits per heavy atom. The molecule has 3 rings (SSSR count). The molecule has 0 saturated heterocycles. The van der Waals surface area contributed by atoms with Crippen LogP contribution in [-0.2, 0) is 0 Å². The number of nitrogens with two attached hydrogens (primary N) is 1. The van der Waals surface area contributed by atoms with E-state index in [-0.39, 0.29) is 11.8 Å². The number of hydrazine groups is 1. The molecular weight excluding hydrogens is 279 g/mol. The molecule has 2 heterocycles. The zero-order chi connectivity index (χ0) is 14.1. The summed E-state index contributed by atoms with van der Waals surface area (Å²) < 4.78 is 18.6. The molecule has 0 aliphatic heterocycles. The van der Waals surface area contributed by atoms with Crippen LogP contribution in [0.25, 0.3) is 10.2 Å². The summed E-state index contributed by atoms with van der Waals surface area (Å²) in [4.78, 5) is 10.3. The largest absolute Gasteiger partial charge is 0.438 e. The van der Waals surface area contributed by atoms with Crippen molar-refractivity contribution in [3.63, 3.8) is 0 Å². The van der Waals surface area contributed by atoms with Crippen LogP contribution < -0.4 is 16.0 Å². The lowest BCUT2D eigenvalue weighted by Gasteiger charge is -2.07. The Morgan fingerprint density at radius 1 is 1.25 bits per heavy atom. The minimum Gasteiger partial charge on any atom is -0.438 e. The predicted molar refractivity (Wildman–Crippen MR) is 76.4 cm³/mol. The lowest BCUT2D eigenvalue weighted by atomic mass is 10.3. The zero-order valence-electron chi connectivity index (χ0n) is 10.6. The SMILES string of the molecule is Cc1cc2c(Oc3ccc(F)cc3)nc(NN)nc2s1. The van der Waals surface area contributed by atoms with Gasteiger partial charge in [-0.2, -0.15) is 4.98 Å². The van der Waals surface area contributed by atoms with Crippen molar-refractivity contribution >= 4 is 27.5 Å². The number of rotatable bonds is 3. The van der Waals surface area contributed by atoms with E-state index >= 15 is 0 Å². The summed E-state index contributed by atoms with van der Waals surface area (Å²) in [5.41, 5.74) is 2.41. The molecule has 0 fully saturated rings. The fraction of sp³-hybridized carbons (Fsp3) is 0.0769. The Morgan fingerprint density at radius 2 is 2.00 bits per heavy atom. The van der Waals surface area contributed by atoms with Crippen molar-refractivity contribution in [3.8, 4) is 11.6 Å². The van der Waals surface area contributed by atoms with Gasteiger partial charge >= 0.3 is 0 Å². The second-order valence-corrected chi connectivity index (χ2v) is 5.36. The number of nitrogen functional groups attached to an aromatic ring is 1. The van der Waals surface area contributed by atoms with E-state index in [0.29, 0.717) is 11.6 Å². The Kier molecular flexibility index (Phi) is 3.21. The van der Waals surface area contributed by atoms with E-state index in [1.165, 1.54) is 35.6 Å². The van der Waals surface area contributed by atoms with Gasteiger partial charge in [-0.25, -0.2) is 15.2 Å². The van der Waals surface area contributed by atoms with Crippen molar-refractivity contribution in [3.05, 3.63) is 41.0 Å². The highest BCUT2D eigenvalue weighted by molar-refractivity contribution is 7.18. The number of nitrogens with one attached hydrogen (secondary N) is 1. The summed E-state index contributed by atoms with van der Waals surface area (Å²) in [5, 5.41) is 0.802. The first-order valence-corrected chi connectivity index (χ1v) is 6.65. The number of hydrogen-bond acceptors (Lipinski definition) is 6. The second kappa shape index (κ2) is 5.03. The molecule has 0 bridgehead atoms. The molecule has 1 aromatic carbocycles. The third-order valence-corrected chi connectivity index (χ3v) is 3.58. The molecule has 0 unspecified atom stereocenters. The quantitative estimate of drug-likeness (QED) is 0.572. The molecular formula is C13H11FN4OS. The Bertz CT molecular complexity index is 757. The third kappa shape index (κ3) is 2.40. The number of hydrogen-bond donors (Lipinski definition) is 2. The van der Waals surface area contributed by atoms with Crippen molar-refractivity contribution < 1.29 is 9.13 Å². The lowest BCUT2D eigenvalue weighted by Crippen LogP contribution is -2.10. The highest BCUT2D eigenvalue weighted by Gasteiger charge is 2.12. The molecule has 0 aliphatic carbocycles. The minimum atomic E-state index is -0.319. The van der Waals surface area contributed by atoms with Crippen LogP contribution in [0.2, 0.25) is 0 Å². The van der Waals surface area contributed by atoms with Gasteiger partial charge in [0, 0.05) is 4.88 Å². The maximum atomic E-state index is 12.9. The van der Waals surface area contributed by atoms with E-state index in [1.54, 1.807) is 0 Å². The van der Waals surface area contributed by atoms with Crippen molar-refractivity contribution in [1.82, 2.24) is 9.97 Å². The van der Waals surface area contributed by atoms with Crippen LogP contribution in [0.5, 0.6) is 11.6 Å². The maximum Gasteiger partial charge on any atom is 0.241 e. The molecule has 20 heavy (non-hydrogen) atoms. The van der Waals surface area contributed by atoms with Crippen molar-refractivity contribution in [2.45, 2.75) is 6.92 Å². The number of halogens is 1. The van der Waals surface area contributed by atoms with Crippen LogP contribution in [0.4, 0.5) is 10.3 Å². The van der Waals surface area contributed by atoms with E-state index in [4.69, 9.17) is 10.6 Å². The molecule has 2 aromatic heterocycles. The average molecular weight is 290 g/mol. The number of benzene rings is 1. The molecule has 102 valence electrons. The molecule has 3 aromatic rings. The van der Waals surface area contributed by atoms with Crippen molar-refractivity contribution in [2.24, 2.45) is 5.84 Å². The Labute approximate surface area is 118 Å². The number of ether oxygens (including phenoxy) is 1. The van der Waals surface area contributed by atoms with Gasteiger partial charge in [-0.3, -0.25) is 5.43 Å². The normalized spacial score (nSPS) is 10.8. The number of anilines is 1. The monoisotopic (exact) mass is 290 g/mol. The van der Waals surface area contributed by atoms with Gasteiger partial charge in [-0.1, -0.05) is 0 Å². The fourth-order valence-corrected chi connectivity index (χ4v) is 2.64. The molecule has 0 saturated carbocycles. The van der Waals surface area contributed by atoms with Crippen LogP contribution in [-0.4, -0.2) is 9.97 Å². The summed E-state index contributed by atoms with van der Waals surface area (Å²) in [6.07, 6.45) is 0. The van der Waals surface area contributed by atoms with E-state index in [2.05, 4.69) is 15.4 Å². The first-order chi connectivity index (χ1) is 9.65. The van der Waals surface area contributed by atoms with Gasteiger partial charge in [0.1, 0.15) is 16.4 Å². The summed E-state index contributed by atoms with van der Waals surface area (Å²) in [5.74, 6) is 6.20. The van der Waals surface area contributed by atoms with Crippen molar-refractivity contribution in [1.29, 1.82) is 0 Å². The van der Waals surface area contributed by atoms with Gasteiger partial charge in [-0.05, 0) is 37.3 Å². The van der Waals surface area contributed by atoms with Crippen LogP contribution in [0.3, 0.4) is 0 Å². The van der Waals surface area contributed by atoms with Crippen LogP contribution in [0.15, 0.2) is 30.3 Å². The van der Waals surface area contributed by atoms with E-state index in [9.17, 15) is 4.39 Å². The summed E-state index contributed by atoms with van der Waals surface area (Å²) in [7, 11) is 0. The highest BCUT2D eigenvalue weighted by atomic mass is 32.1. The van der Waals surface area contributed by atoms with Crippen LogP contribution >= 0.6 is 11.3 Å². The van der Waals surface area contributed by atoms with Gasteiger partial charge < -0.3 is 4.74 Å². The van der Waals surface area contributed by atoms with Crippen LogP contribution in [0, 0.1) is 12.7 Å². The molecule has 0 spiro atoms. The van der Waals surface area contributed by atoms with Gasteiger partial charge in [-0.15, -0.1) is 11.3 Å². The molecule has 7 heteroatoms. The first-order valence-electron chi connectivity index (χ1n) is 5.84. The van der Waals surface area contributed by atoms with E-state index in [0.717, 1.165) is 15.1 Å². The molecule has 0 atom stereocenters. The Hall–Kier alpha value is -2.25. The van der Waals surface area contributed by atoms with Crippen molar-refractivity contribution in [2.75, 3.05) is 5.43 Å². The number of aryl methyl sites for hydroxylation is 1. The molecule has 0 aliphatic rings. The highest BCUT2D eigenvalue weighted by Crippen LogP contribution is 2.33. The molecule has 0 radical (unpaired) electrons. The van der Waals surface area contributed by atoms with E-state index in [1.807, 2.05) is 13.0 Å². The maximum absolute atomic E-state index is 12.9. The minimum absolute atomic E-state index is 0.275. The molecule has 5 nitrogen and oxygen atoms in total. The summed E-state index contributed by atoms with van der Waals surface area (Å²) >= 11 is 1.52. The molecule has 0 amide bonds. The first kappa shape index (κ1) is 12.8. The smallest absolute Gasteiger partial charge is 0.241 e. The van der Waals surface area contributed by atoms with Gasteiger partial charge in [0.2, 0.25) is 11.8 Å². The van der Waals surface area contributed by atoms with Gasteiger partial charge in [0.15, 0.2) is 0 Å². The van der Waals surface area contributed by atoms with Gasteiger partial charge in [0.05, 0.1) is 5.39 Å². The van der Waals surface area contributed by atoms with Crippen LogP contribution in [0.1, 0.15) is 4.88 Å². The number of fused-ring (bicyclic) bond motifs is 1. The topological polar surface area (TPSA) is 73.1 Å². The Balaban J connectivity index is 2.06. The predicted octanol–water partition coefficient (Wildman–Crippen LogP) is 3.22. The van der Waals surface area contributed by atoms with Gasteiger partial charge in [0.25, 0.3) is 0 Å².